The number of hydrogen-bond donors (Lipinski definition) is 2. The first-order valence-corrected chi connectivity index (χ1v) is 9.95. The lowest BCUT2D eigenvalue weighted by Gasteiger charge is -2.26. The maximum atomic E-state index is 6.11. The summed E-state index contributed by atoms with van der Waals surface area (Å²) in [7, 11) is 1.78. The quantitative estimate of drug-likeness (QED) is 0.458. The topological polar surface area (TPSA) is 67.1 Å². The van der Waals surface area contributed by atoms with Crippen molar-refractivity contribution >= 4 is 17.6 Å². The molecule has 0 unspecified atom stereocenters. The molecule has 2 aromatic heterocycles. The van der Waals surface area contributed by atoms with Gasteiger partial charge in [-0.1, -0.05) is 43.6 Å². The summed E-state index contributed by atoms with van der Waals surface area (Å²) in [6, 6.07) is 12.1. The number of nitrogens with one attached hydrogen (secondary N) is 2. The monoisotopic (exact) mass is 410 g/mol. The highest BCUT2D eigenvalue weighted by atomic mass is 35.5. The highest BCUT2D eigenvalue weighted by Gasteiger charge is 2.19. The molecule has 0 aliphatic heterocycles. The van der Waals surface area contributed by atoms with Crippen LogP contribution >= 0.6 is 11.6 Å². The number of pyridine rings is 1. The Labute approximate surface area is 177 Å². The van der Waals surface area contributed by atoms with Crippen molar-refractivity contribution in [2.45, 2.75) is 26.8 Å². The van der Waals surface area contributed by atoms with Gasteiger partial charge in [0.2, 0.25) is 0 Å². The SMILES string of the molecule is CN=C(NCc1ccc(-n2ccnc2)nc1)NCC(C)(C)Cc1cccc(Cl)c1. The van der Waals surface area contributed by atoms with Gasteiger partial charge in [0.25, 0.3) is 0 Å². The molecule has 2 N–H and O–H groups in total. The minimum atomic E-state index is 0.0519. The fourth-order valence-corrected chi connectivity index (χ4v) is 3.27. The van der Waals surface area contributed by atoms with Crippen molar-refractivity contribution in [2.24, 2.45) is 10.4 Å². The van der Waals surface area contributed by atoms with E-state index in [0.717, 1.165) is 35.3 Å². The van der Waals surface area contributed by atoms with Gasteiger partial charge in [0, 0.05) is 43.8 Å². The largest absolute Gasteiger partial charge is 0.356 e. The molecule has 0 saturated carbocycles. The number of halogens is 1. The summed E-state index contributed by atoms with van der Waals surface area (Å²) in [5, 5.41) is 7.54. The summed E-state index contributed by atoms with van der Waals surface area (Å²) >= 11 is 6.11. The van der Waals surface area contributed by atoms with E-state index in [1.54, 1.807) is 19.6 Å². The van der Waals surface area contributed by atoms with Crippen LogP contribution in [0.25, 0.3) is 5.82 Å². The van der Waals surface area contributed by atoms with Crippen LogP contribution in [0.15, 0.2) is 66.3 Å². The van der Waals surface area contributed by atoms with E-state index < -0.39 is 0 Å². The number of rotatable bonds is 7. The first-order chi connectivity index (χ1) is 13.9. The summed E-state index contributed by atoms with van der Waals surface area (Å²) in [5.41, 5.74) is 2.36. The van der Waals surface area contributed by atoms with E-state index in [1.165, 1.54) is 5.56 Å². The predicted molar refractivity (Wildman–Crippen MR) is 118 cm³/mol. The van der Waals surface area contributed by atoms with E-state index in [4.69, 9.17) is 11.6 Å². The summed E-state index contributed by atoms with van der Waals surface area (Å²) in [4.78, 5) is 12.8. The van der Waals surface area contributed by atoms with Crippen LogP contribution in [-0.4, -0.2) is 34.1 Å². The Morgan fingerprint density at radius 3 is 2.69 bits per heavy atom. The fraction of sp³-hybridized carbons (Fsp3) is 0.318. The third-order valence-electron chi connectivity index (χ3n) is 4.57. The molecule has 0 amide bonds. The third-order valence-corrected chi connectivity index (χ3v) is 4.80. The summed E-state index contributed by atoms with van der Waals surface area (Å²) in [6.45, 7) is 5.89. The normalized spacial score (nSPS) is 12.1. The van der Waals surface area contributed by atoms with E-state index in [2.05, 4.69) is 45.5 Å². The zero-order valence-corrected chi connectivity index (χ0v) is 17.8. The van der Waals surface area contributed by atoms with E-state index in [0.29, 0.717) is 6.54 Å². The first-order valence-electron chi connectivity index (χ1n) is 9.57. The van der Waals surface area contributed by atoms with Crippen molar-refractivity contribution in [3.8, 4) is 5.82 Å². The molecule has 0 saturated heterocycles. The number of nitrogens with zero attached hydrogens (tertiary/aromatic N) is 4. The highest BCUT2D eigenvalue weighted by molar-refractivity contribution is 6.30. The van der Waals surface area contributed by atoms with Crippen LogP contribution in [0.5, 0.6) is 0 Å². The van der Waals surface area contributed by atoms with Gasteiger partial charge >= 0.3 is 0 Å². The van der Waals surface area contributed by atoms with Gasteiger partial charge in [0.15, 0.2) is 5.96 Å². The molecule has 0 spiro atoms. The molecular weight excluding hydrogens is 384 g/mol. The lowest BCUT2D eigenvalue weighted by molar-refractivity contribution is 0.359. The zero-order valence-electron chi connectivity index (χ0n) is 17.1. The molecule has 7 heteroatoms. The van der Waals surface area contributed by atoms with Crippen molar-refractivity contribution < 1.29 is 0 Å². The van der Waals surface area contributed by atoms with Crippen LogP contribution in [0.3, 0.4) is 0 Å². The molecule has 6 nitrogen and oxygen atoms in total. The van der Waals surface area contributed by atoms with E-state index in [9.17, 15) is 0 Å². The van der Waals surface area contributed by atoms with Crippen LogP contribution in [0.1, 0.15) is 25.0 Å². The molecular formula is C22H27ClN6. The van der Waals surface area contributed by atoms with Crippen LogP contribution in [-0.2, 0) is 13.0 Å². The van der Waals surface area contributed by atoms with Crippen molar-refractivity contribution in [2.75, 3.05) is 13.6 Å². The molecule has 0 radical (unpaired) electrons. The molecule has 2 heterocycles. The second kappa shape index (κ2) is 9.56. The number of hydrogen-bond acceptors (Lipinski definition) is 3. The molecule has 0 fully saturated rings. The van der Waals surface area contributed by atoms with Gasteiger partial charge in [0.05, 0.1) is 0 Å². The molecule has 29 heavy (non-hydrogen) atoms. The summed E-state index contributed by atoms with van der Waals surface area (Å²) in [6.07, 6.45) is 8.13. The maximum Gasteiger partial charge on any atom is 0.191 e. The Morgan fingerprint density at radius 1 is 1.17 bits per heavy atom. The number of aliphatic imine (C=N–C) groups is 1. The smallest absolute Gasteiger partial charge is 0.191 e. The van der Waals surface area contributed by atoms with Crippen molar-refractivity contribution in [3.05, 3.63) is 77.5 Å². The second-order valence-electron chi connectivity index (χ2n) is 7.74. The van der Waals surface area contributed by atoms with Gasteiger partial charge < -0.3 is 10.6 Å². The first kappa shape index (κ1) is 20.9. The molecule has 0 atom stereocenters. The molecule has 1 aromatic carbocycles. The van der Waals surface area contributed by atoms with Crippen LogP contribution in [0.4, 0.5) is 0 Å². The summed E-state index contributed by atoms with van der Waals surface area (Å²) in [5.74, 6) is 1.61. The van der Waals surface area contributed by atoms with Gasteiger partial charge in [-0.25, -0.2) is 9.97 Å². The van der Waals surface area contributed by atoms with Crippen molar-refractivity contribution in [1.29, 1.82) is 0 Å². The summed E-state index contributed by atoms with van der Waals surface area (Å²) < 4.78 is 1.87. The number of guanidine groups is 1. The van der Waals surface area contributed by atoms with Crippen LogP contribution in [0, 0.1) is 5.41 Å². The van der Waals surface area contributed by atoms with Crippen molar-refractivity contribution in [3.63, 3.8) is 0 Å². The lowest BCUT2D eigenvalue weighted by atomic mass is 9.86. The highest BCUT2D eigenvalue weighted by Crippen LogP contribution is 2.22. The molecule has 0 aliphatic rings. The van der Waals surface area contributed by atoms with E-state index in [-0.39, 0.29) is 5.41 Å². The molecule has 0 aliphatic carbocycles. The standard InChI is InChI=1S/C22H27ClN6/c1-22(2,12-17-5-4-6-19(23)11-17)15-28-21(24-3)27-14-18-7-8-20(26-13-18)29-10-9-25-16-29/h4-11,13,16H,12,14-15H2,1-3H3,(H2,24,27,28). The van der Waals surface area contributed by atoms with Gasteiger partial charge in [-0.05, 0) is 41.2 Å². The third kappa shape index (κ3) is 6.32. The van der Waals surface area contributed by atoms with Gasteiger partial charge in [-0.15, -0.1) is 0 Å². The van der Waals surface area contributed by atoms with Crippen LogP contribution in [0.2, 0.25) is 5.02 Å². The Bertz CT molecular complexity index is 932. The lowest BCUT2D eigenvalue weighted by Crippen LogP contribution is -2.42. The number of aromatic nitrogens is 3. The molecule has 0 bridgehead atoms. The average Bonchev–Trinajstić information content (AvgIpc) is 3.23. The predicted octanol–water partition coefficient (Wildman–Crippen LogP) is 3.85. The maximum absolute atomic E-state index is 6.11. The van der Waals surface area contributed by atoms with Gasteiger partial charge in [-0.3, -0.25) is 9.56 Å². The number of imidazole rings is 1. The average molecular weight is 411 g/mol. The number of benzene rings is 1. The Balaban J connectivity index is 1.50. The zero-order chi connectivity index (χ0) is 20.7. The Hall–Kier alpha value is -2.86. The van der Waals surface area contributed by atoms with E-state index >= 15 is 0 Å². The Morgan fingerprint density at radius 2 is 2.03 bits per heavy atom. The minimum absolute atomic E-state index is 0.0519. The van der Waals surface area contributed by atoms with E-state index in [1.807, 2.05) is 47.3 Å². The molecule has 152 valence electrons. The molecule has 3 aromatic rings. The second-order valence-corrected chi connectivity index (χ2v) is 8.18. The van der Waals surface area contributed by atoms with Crippen LogP contribution < -0.4 is 10.6 Å². The molecule has 3 rings (SSSR count). The van der Waals surface area contributed by atoms with Crippen molar-refractivity contribution in [1.82, 2.24) is 25.2 Å². The minimum Gasteiger partial charge on any atom is -0.356 e. The van der Waals surface area contributed by atoms with Gasteiger partial charge in [0.1, 0.15) is 12.1 Å². The fourth-order valence-electron chi connectivity index (χ4n) is 3.06. The Kier molecular flexibility index (Phi) is 6.88. The van der Waals surface area contributed by atoms with Gasteiger partial charge in [-0.2, -0.15) is 0 Å².